The number of hydrogen-bond donors (Lipinski definition) is 0. The Morgan fingerprint density at radius 3 is 2.63 bits per heavy atom. The Morgan fingerprint density at radius 1 is 1.11 bits per heavy atom. The first-order valence-corrected chi connectivity index (χ1v) is 6.75. The maximum atomic E-state index is 13.5. The summed E-state index contributed by atoms with van der Waals surface area (Å²) in [6.45, 7) is 3.92. The number of nitrogens with zero attached hydrogens (tertiary/aromatic N) is 1. The van der Waals surface area contributed by atoms with E-state index in [0.29, 0.717) is 6.04 Å². The molecule has 0 N–H and O–H groups in total. The van der Waals surface area contributed by atoms with Crippen molar-refractivity contribution < 1.29 is 4.39 Å². The van der Waals surface area contributed by atoms with Gasteiger partial charge in [-0.1, -0.05) is 42.5 Å². The second-order valence-electron chi connectivity index (χ2n) is 5.36. The van der Waals surface area contributed by atoms with Crippen molar-refractivity contribution in [3.63, 3.8) is 0 Å². The van der Waals surface area contributed by atoms with Crippen LogP contribution in [-0.4, -0.2) is 17.5 Å². The van der Waals surface area contributed by atoms with Crippen LogP contribution in [-0.2, 0) is 13.0 Å². The average molecular weight is 255 g/mol. The maximum absolute atomic E-state index is 13.5. The second kappa shape index (κ2) is 5.14. The number of hydrogen-bond acceptors (Lipinski definition) is 1. The van der Waals surface area contributed by atoms with Gasteiger partial charge in [0.25, 0.3) is 0 Å². The van der Waals surface area contributed by atoms with Gasteiger partial charge in [-0.25, -0.2) is 4.39 Å². The molecule has 2 aromatic rings. The predicted molar refractivity (Wildman–Crippen MR) is 75.5 cm³/mol. The molecule has 0 aliphatic carbocycles. The van der Waals surface area contributed by atoms with E-state index < -0.39 is 0 Å². The molecule has 1 heterocycles. The largest absolute Gasteiger partial charge is 0.293 e. The van der Waals surface area contributed by atoms with E-state index >= 15 is 0 Å². The van der Waals surface area contributed by atoms with E-state index in [4.69, 9.17) is 0 Å². The highest BCUT2D eigenvalue weighted by atomic mass is 19.1. The van der Waals surface area contributed by atoms with Crippen LogP contribution in [0.1, 0.15) is 16.7 Å². The van der Waals surface area contributed by atoms with Crippen molar-refractivity contribution in [1.82, 2.24) is 4.90 Å². The zero-order valence-corrected chi connectivity index (χ0v) is 11.1. The van der Waals surface area contributed by atoms with Gasteiger partial charge in [-0.2, -0.15) is 0 Å². The van der Waals surface area contributed by atoms with Crippen molar-refractivity contribution in [3.05, 3.63) is 71.0 Å². The molecule has 1 saturated heterocycles. The normalized spacial score (nSPS) is 21.4. The van der Waals surface area contributed by atoms with E-state index in [1.165, 1.54) is 5.56 Å². The summed E-state index contributed by atoms with van der Waals surface area (Å²) < 4.78 is 13.5. The van der Waals surface area contributed by atoms with Crippen LogP contribution in [0.5, 0.6) is 0 Å². The van der Waals surface area contributed by atoms with Crippen LogP contribution in [0.3, 0.4) is 0 Å². The fourth-order valence-electron chi connectivity index (χ4n) is 2.46. The van der Waals surface area contributed by atoms with Crippen molar-refractivity contribution in [2.24, 2.45) is 0 Å². The SMILES string of the molecule is Cc1ccc(C[C@@H]2CN2Cc2ccccc2)cc1F. The standard InChI is InChI=1S/C17H18FN/c1-13-7-8-15(10-17(13)18)9-16-12-19(16)11-14-5-3-2-4-6-14/h2-8,10,16H,9,11-12H2,1H3/t16-,19?/m1/s1. The highest BCUT2D eigenvalue weighted by Gasteiger charge is 2.33. The topological polar surface area (TPSA) is 3.01 Å². The fraction of sp³-hybridized carbons (Fsp3) is 0.294. The van der Waals surface area contributed by atoms with Gasteiger partial charge in [0.15, 0.2) is 0 Å². The highest BCUT2D eigenvalue weighted by Crippen LogP contribution is 2.25. The van der Waals surface area contributed by atoms with Gasteiger partial charge in [0.2, 0.25) is 0 Å². The molecular formula is C17H18FN. The van der Waals surface area contributed by atoms with Crippen molar-refractivity contribution in [1.29, 1.82) is 0 Å². The zero-order valence-electron chi connectivity index (χ0n) is 11.1. The van der Waals surface area contributed by atoms with Gasteiger partial charge in [0.1, 0.15) is 5.82 Å². The zero-order chi connectivity index (χ0) is 13.2. The van der Waals surface area contributed by atoms with Gasteiger partial charge in [-0.15, -0.1) is 0 Å². The summed E-state index contributed by atoms with van der Waals surface area (Å²) >= 11 is 0. The molecule has 0 spiro atoms. The van der Waals surface area contributed by atoms with Crippen LogP contribution < -0.4 is 0 Å². The second-order valence-corrected chi connectivity index (χ2v) is 5.36. The van der Waals surface area contributed by atoms with Crippen LogP contribution in [0, 0.1) is 12.7 Å². The van der Waals surface area contributed by atoms with Gasteiger partial charge in [0, 0.05) is 19.1 Å². The van der Waals surface area contributed by atoms with Gasteiger partial charge in [0.05, 0.1) is 0 Å². The lowest BCUT2D eigenvalue weighted by molar-refractivity contribution is 0.499. The maximum Gasteiger partial charge on any atom is 0.126 e. The molecule has 1 aliphatic rings. The first kappa shape index (κ1) is 12.4. The third-order valence-corrected chi connectivity index (χ3v) is 3.76. The molecule has 1 aliphatic heterocycles. The van der Waals surface area contributed by atoms with Crippen LogP contribution in [0.25, 0.3) is 0 Å². The van der Waals surface area contributed by atoms with Crippen molar-refractivity contribution in [3.8, 4) is 0 Å². The molecule has 0 aromatic heterocycles. The lowest BCUT2D eigenvalue weighted by atomic mass is 10.1. The molecule has 0 bridgehead atoms. The Bertz CT molecular complexity index is 565. The van der Waals surface area contributed by atoms with Gasteiger partial charge >= 0.3 is 0 Å². The van der Waals surface area contributed by atoms with Crippen LogP contribution in [0.2, 0.25) is 0 Å². The molecule has 1 nitrogen and oxygen atoms in total. The van der Waals surface area contributed by atoms with Crippen LogP contribution in [0.4, 0.5) is 4.39 Å². The minimum atomic E-state index is -0.0900. The summed E-state index contributed by atoms with van der Waals surface area (Å²) in [4.78, 5) is 2.42. The van der Waals surface area contributed by atoms with E-state index in [0.717, 1.165) is 30.6 Å². The third kappa shape index (κ3) is 3.02. The molecule has 1 unspecified atom stereocenters. The van der Waals surface area contributed by atoms with Crippen LogP contribution in [0.15, 0.2) is 48.5 Å². The number of aryl methyl sites for hydroxylation is 1. The lowest BCUT2D eigenvalue weighted by Gasteiger charge is -2.05. The number of rotatable bonds is 4. The van der Waals surface area contributed by atoms with Gasteiger partial charge < -0.3 is 0 Å². The Kier molecular flexibility index (Phi) is 3.34. The molecule has 2 heteroatoms. The summed E-state index contributed by atoms with van der Waals surface area (Å²) in [6.07, 6.45) is 0.948. The Morgan fingerprint density at radius 2 is 1.89 bits per heavy atom. The van der Waals surface area contributed by atoms with Crippen molar-refractivity contribution >= 4 is 0 Å². The molecule has 19 heavy (non-hydrogen) atoms. The first-order chi connectivity index (χ1) is 9.22. The van der Waals surface area contributed by atoms with E-state index in [2.05, 4.69) is 29.2 Å². The molecule has 2 atom stereocenters. The summed E-state index contributed by atoms with van der Waals surface area (Å²) in [6, 6.07) is 16.6. The van der Waals surface area contributed by atoms with E-state index in [-0.39, 0.29) is 5.82 Å². The Labute approximate surface area is 113 Å². The fourth-order valence-corrected chi connectivity index (χ4v) is 2.46. The highest BCUT2D eigenvalue weighted by molar-refractivity contribution is 5.25. The molecule has 3 rings (SSSR count). The van der Waals surface area contributed by atoms with E-state index in [9.17, 15) is 4.39 Å². The minimum Gasteiger partial charge on any atom is -0.293 e. The minimum absolute atomic E-state index is 0.0900. The van der Waals surface area contributed by atoms with Crippen LogP contribution >= 0.6 is 0 Å². The van der Waals surface area contributed by atoms with Gasteiger partial charge in [-0.05, 0) is 36.1 Å². The molecule has 98 valence electrons. The average Bonchev–Trinajstić information content (AvgIpc) is 3.13. The monoisotopic (exact) mass is 255 g/mol. The lowest BCUT2D eigenvalue weighted by Crippen LogP contribution is -2.05. The van der Waals surface area contributed by atoms with E-state index in [1.807, 2.05) is 18.2 Å². The third-order valence-electron chi connectivity index (χ3n) is 3.76. The summed E-state index contributed by atoms with van der Waals surface area (Å²) in [5.74, 6) is -0.0900. The molecule has 1 fully saturated rings. The predicted octanol–water partition coefficient (Wildman–Crippen LogP) is 3.56. The molecular weight excluding hydrogens is 237 g/mol. The van der Waals surface area contributed by atoms with Crippen molar-refractivity contribution in [2.45, 2.75) is 25.9 Å². The Hall–Kier alpha value is -1.67. The number of benzene rings is 2. The van der Waals surface area contributed by atoms with E-state index in [1.54, 1.807) is 13.0 Å². The Balaban J connectivity index is 1.57. The summed E-state index contributed by atoms with van der Waals surface area (Å²) in [5.41, 5.74) is 3.17. The first-order valence-electron chi connectivity index (χ1n) is 6.75. The molecule has 0 saturated carbocycles. The molecule has 2 aromatic carbocycles. The summed E-state index contributed by atoms with van der Waals surface area (Å²) in [7, 11) is 0. The van der Waals surface area contributed by atoms with Gasteiger partial charge in [-0.3, -0.25) is 4.90 Å². The number of halogens is 1. The van der Waals surface area contributed by atoms with Crippen molar-refractivity contribution in [2.75, 3.05) is 6.54 Å². The molecule has 0 radical (unpaired) electrons. The molecule has 0 amide bonds. The quantitative estimate of drug-likeness (QED) is 0.755. The summed E-state index contributed by atoms with van der Waals surface area (Å²) in [5, 5.41) is 0. The smallest absolute Gasteiger partial charge is 0.126 e.